The number of carbonyl (C=O) groups excluding carboxylic acids is 2. The average Bonchev–Trinajstić information content (AvgIpc) is 3.33. The molecule has 1 aliphatic heterocycles. The molecule has 35 heavy (non-hydrogen) atoms. The van der Waals surface area contributed by atoms with Crippen LogP contribution in [0.5, 0.6) is 5.75 Å². The molecule has 0 spiro atoms. The molecule has 8 nitrogen and oxygen atoms in total. The molecule has 0 fully saturated rings. The Kier molecular flexibility index (Phi) is 6.97. The first-order chi connectivity index (χ1) is 16.8. The largest absolute Gasteiger partial charge is 0.497 e. The number of esters is 1. The van der Waals surface area contributed by atoms with Crippen LogP contribution >= 0.6 is 0 Å². The summed E-state index contributed by atoms with van der Waals surface area (Å²) < 4.78 is 33.7. The highest BCUT2D eigenvalue weighted by atomic mass is 32.2. The third kappa shape index (κ3) is 5.58. The number of amides is 1. The lowest BCUT2D eigenvalue weighted by Gasteiger charge is -2.22. The number of hydrogen-bond donors (Lipinski definition) is 0. The van der Waals surface area contributed by atoms with E-state index in [2.05, 4.69) is 5.10 Å². The molecule has 1 atom stereocenters. The minimum absolute atomic E-state index is 0.0901. The molecule has 0 saturated heterocycles. The second-order valence-corrected chi connectivity index (χ2v) is 10.0. The number of hydrazone groups is 1. The topological polar surface area (TPSA) is 102 Å². The van der Waals surface area contributed by atoms with Gasteiger partial charge in [0.05, 0.1) is 29.3 Å². The average molecular weight is 493 g/mol. The van der Waals surface area contributed by atoms with Gasteiger partial charge < -0.3 is 9.47 Å². The first kappa shape index (κ1) is 24.2. The smallest absolute Gasteiger partial charge is 0.338 e. The predicted molar refractivity (Wildman–Crippen MR) is 130 cm³/mol. The Bertz CT molecular complexity index is 1350. The zero-order valence-electron chi connectivity index (χ0n) is 19.2. The summed E-state index contributed by atoms with van der Waals surface area (Å²) in [5, 5.41) is 5.91. The number of benzene rings is 3. The van der Waals surface area contributed by atoms with Gasteiger partial charge in [0, 0.05) is 12.7 Å². The van der Waals surface area contributed by atoms with Gasteiger partial charge in [-0.3, -0.25) is 4.79 Å². The van der Waals surface area contributed by atoms with Crippen molar-refractivity contribution in [2.45, 2.75) is 17.4 Å². The molecule has 0 saturated carbocycles. The van der Waals surface area contributed by atoms with E-state index in [4.69, 9.17) is 9.47 Å². The number of ether oxygens (including phenoxy) is 2. The van der Waals surface area contributed by atoms with Gasteiger partial charge in [0.1, 0.15) is 5.75 Å². The van der Waals surface area contributed by atoms with E-state index in [9.17, 15) is 18.0 Å². The second kappa shape index (κ2) is 10.1. The van der Waals surface area contributed by atoms with Crippen LogP contribution in [0, 0.1) is 0 Å². The molecule has 0 N–H and O–H groups in total. The van der Waals surface area contributed by atoms with E-state index in [1.807, 2.05) is 54.6 Å². The zero-order chi connectivity index (χ0) is 25.0. The summed E-state index contributed by atoms with van der Waals surface area (Å²) in [4.78, 5) is 25.6. The molecule has 9 heteroatoms. The van der Waals surface area contributed by atoms with Crippen molar-refractivity contribution in [2.24, 2.45) is 5.10 Å². The van der Waals surface area contributed by atoms with Gasteiger partial charge in [0.2, 0.25) is 0 Å². The molecule has 0 radical (unpaired) electrons. The minimum Gasteiger partial charge on any atom is -0.497 e. The summed E-state index contributed by atoms with van der Waals surface area (Å²) in [5.74, 6) is -0.506. The minimum atomic E-state index is -3.38. The van der Waals surface area contributed by atoms with E-state index in [0.29, 0.717) is 12.2 Å². The maximum atomic E-state index is 13.1. The number of hydrogen-bond acceptors (Lipinski definition) is 7. The number of carbonyl (C=O) groups is 2. The van der Waals surface area contributed by atoms with Gasteiger partial charge in [0.15, 0.2) is 16.4 Å². The Morgan fingerprint density at radius 3 is 2.23 bits per heavy atom. The highest BCUT2D eigenvalue weighted by Gasteiger charge is 2.33. The summed E-state index contributed by atoms with van der Waals surface area (Å²) in [6.07, 6.45) is 1.58. The maximum Gasteiger partial charge on any atom is 0.338 e. The van der Waals surface area contributed by atoms with Gasteiger partial charge in [-0.25, -0.2) is 18.2 Å². The van der Waals surface area contributed by atoms with Crippen LogP contribution < -0.4 is 4.74 Å². The molecule has 1 heterocycles. The Labute approximate surface area is 203 Å². The van der Waals surface area contributed by atoms with Crippen LogP contribution in [0.15, 0.2) is 88.9 Å². The number of rotatable bonds is 7. The normalized spacial score (nSPS) is 15.4. The molecule has 3 aromatic carbocycles. The van der Waals surface area contributed by atoms with Crippen molar-refractivity contribution in [3.05, 3.63) is 95.6 Å². The highest BCUT2D eigenvalue weighted by Crippen LogP contribution is 2.33. The van der Waals surface area contributed by atoms with E-state index < -0.39 is 28.3 Å². The molecule has 0 unspecified atom stereocenters. The Morgan fingerprint density at radius 1 is 0.971 bits per heavy atom. The van der Waals surface area contributed by atoms with Gasteiger partial charge in [-0.2, -0.15) is 5.10 Å². The molecule has 1 aliphatic rings. The molecule has 0 aliphatic carbocycles. The Balaban J connectivity index is 1.51. The quantitative estimate of drug-likeness (QED) is 0.467. The van der Waals surface area contributed by atoms with Gasteiger partial charge in [-0.15, -0.1) is 0 Å². The number of sulfone groups is 1. The highest BCUT2D eigenvalue weighted by molar-refractivity contribution is 7.90. The Morgan fingerprint density at radius 2 is 1.63 bits per heavy atom. The Hall–Kier alpha value is -3.98. The van der Waals surface area contributed by atoms with E-state index >= 15 is 0 Å². The fraction of sp³-hybridized carbons (Fsp3) is 0.192. The van der Waals surface area contributed by atoms with Crippen molar-refractivity contribution in [3.8, 4) is 5.75 Å². The van der Waals surface area contributed by atoms with Crippen molar-refractivity contribution in [3.63, 3.8) is 0 Å². The maximum absolute atomic E-state index is 13.1. The summed E-state index contributed by atoms with van der Waals surface area (Å²) in [6.45, 7) is -0.509. The molecule has 3 aromatic rings. The lowest BCUT2D eigenvalue weighted by atomic mass is 9.98. The molecule has 1 amide bonds. The third-order valence-corrected chi connectivity index (χ3v) is 6.75. The fourth-order valence-electron chi connectivity index (χ4n) is 3.75. The van der Waals surface area contributed by atoms with Crippen LogP contribution in [0.3, 0.4) is 0 Å². The molecule has 4 rings (SSSR count). The van der Waals surface area contributed by atoms with Crippen LogP contribution in [0.2, 0.25) is 0 Å². The first-order valence-corrected chi connectivity index (χ1v) is 12.7. The van der Waals surface area contributed by atoms with Gasteiger partial charge in [-0.05, 0) is 47.5 Å². The molecular formula is C26H24N2O6S. The van der Waals surface area contributed by atoms with E-state index in [-0.39, 0.29) is 16.5 Å². The van der Waals surface area contributed by atoms with Gasteiger partial charge in [0.25, 0.3) is 5.91 Å². The fourth-order valence-corrected chi connectivity index (χ4v) is 4.38. The van der Waals surface area contributed by atoms with Crippen molar-refractivity contribution < 1.29 is 27.5 Å². The van der Waals surface area contributed by atoms with Crippen LogP contribution in [0.4, 0.5) is 0 Å². The molecule has 180 valence electrons. The second-order valence-electron chi connectivity index (χ2n) is 8.02. The molecule has 0 aromatic heterocycles. The summed E-state index contributed by atoms with van der Waals surface area (Å²) in [7, 11) is -1.80. The van der Waals surface area contributed by atoms with E-state index in [0.717, 1.165) is 23.1 Å². The summed E-state index contributed by atoms with van der Waals surface area (Å²) >= 11 is 0. The van der Waals surface area contributed by atoms with Crippen molar-refractivity contribution >= 4 is 27.4 Å². The van der Waals surface area contributed by atoms with Gasteiger partial charge >= 0.3 is 5.97 Å². The SMILES string of the molecule is COc1ccc([C@H]2CC(c3ccccc3)=NN2C(=O)COC(=O)c2ccc(S(C)(=O)=O)cc2)cc1. The van der Waals surface area contributed by atoms with Crippen molar-refractivity contribution in [2.75, 3.05) is 20.0 Å². The zero-order valence-corrected chi connectivity index (χ0v) is 20.1. The van der Waals surface area contributed by atoms with E-state index in [1.54, 1.807) is 7.11 Å². The lowest BCUT2D eigenvalue weighted by Crippen LogP contribution is -2.31. The standard InChI is InChI=1S/C26H24N2O6S/c1-33-21-12-8-19(9-13-21)24-16-23(18-6-4-3-5-7-18)27-28(24)25(29)17-34-26(30)20-10-14-22(15-11-20)35(2,31)32/h3-15,24H,16-17H2,1-2H3/t24-/m1/s1. The predicted octanol–water partition coefficient (Wildman–Crippen LogP) is 3.63. The number of methoxy groups -OCH3 is 1. The molecular weight excluding hydrogens is 468 g/mol. The van der Waals surface area contributed by atoms with Crippen LogP contribution in [0.25, 0.3) is 0 Å². The first-order valence-electron chi connectivity index (χ1n) is 10.8. The molecule has 0 bridgehead atoms. The summed E-state index contributed by atoms with van der Waals surface area (Å²) in [6, 6.07) is 22.0. The van der Waals surface area contributed by atoms with Crippen LogP contribution in [0.1, 0.15) is 33.9 Å². The third-order valence-electron chi connectivity index (χ3n) is 5.62. The lowest BCUT2D eigenvalue weighted by molar-refractivity contribution is -0.136. The van der Waals surface area contributed by atoms with Crippen LogP contribution in [-0.2, 0) is 19.4 Å². The van der Waals surface area contributed by atoms with Gasteiger partial charge in [-0.1, -0.05) is 42.5 Å². The summed E-state index contributed by atoms with van der Waals surface area (Å²) in [5.41, 5.74) is 2.68. The van der Waals surface area contributed by atoms with Crippen LogP contribution in [-0.4, -0.2) is 51.0 Å². The van der Waals surface area contributed by atoms with Crippen molar-refractivity contribution in [1.82, 2.24) is 5.01 Å². The van der Waals surface area contributed by atoms with Crippen molar-refractivity contribution in [1.29, 1.82) is 0 Å². The number of nitrogens with zero attached hydrogens (tertiary/aromatic N) is 2. The monoisotopic (exact) mass is 492 g/mol. The van der Waals surface area contributed by atoms with E-state index in [1.165, 1.54) is 29.3 Å².